The minimum Gasteiger partial charge on any atom is -0.467 e. The summed E-state index contributed by atoms with van der Waals surface area (Å²) in [6.45, 7) is 13.6. The highest BCUT2D eigenvalue weighted by atomic mass is 32.1. The summed E-state index contributed by atoms with van der Waals surface area (Å²) in [6.07, 6.45) is 10.9. The van der Waals surface area contributed by atoms with E-state index in [0.29, 0.717) is 6.54 Å². The Kier molecular flexibility index (Phi) is 10.8. The molecule has 0 saturated carbocycles. The lowest BCUT2D eigenvalue weighted by atomic mass is 10.1. The smallest absolute Gasteiger partial charge is 0.122 e. The minimum atomic E-state index is 0.711. The summed E-state index contributed by atoms with van der Waals surface area (Å²) in [5.41, 5.74) is 3.95. The summed E-state index contributed by atoms with van der Waals surface area (Å²) in [5.74, 6) is 0.960. The molecule has 0 spiro atoms. The van der Waals surface area contributed by atoms with Gasteiger partial charge < -0.3 is 9.73 Å². The van der Waals surface area contributed by atoms with Crippen molar-refractivity contribution < 1.29 is 4.42 Å². The SMILES string of the molecule is CC.CCC/C=C(/C=C(/NCc1ccco1)c1sc(CC)cc1C)CC. The highest BCUT2D eigenvalue weighted by Gasteiger charge is 2.11. The lowest BCUT2D eigenvalue weighted by Gasteiger charge is -2.11. The topological polar surface area (TPSA) is 25.2 Å². The van der Waals surface area contributed by atoms with Crippen molar-refractivity contribution in [2.24, 2.45) is 0 Å². The first kappa shape index (κ1) is 22.3. The van der Waals surface area contributed by atoms with Gasteiger partial charge in [0.2, 0.25) is 0 Å². The van der Waals surface area contributed by atoms with Crippen LogP contribution < -0.4 is 5.32 Å². The normalized spacial score (nSPS) is 11.9. The molecule has 2 aromatic rings. The van der Waals surface area contributed by atoms with Crippen molar-refractivity contribution in [3.05, 3.63) is 63.3 Å². The van der Waals surface area contributed by atoms with E-state index in [-0.39, 0.29) is 0 Å². The molecule has 0 saturated heterocycles. The third-order valence-electron chi connectivity index (χ3n) is 4.03. The van der Waals surface area contributed by atoms with E-state index in [4.69, 9.17) is 4.42 Å². The molecule has 3 heteroatoms. The zero-order valence-corrected chi connectivity index (χ0v) is 18.1. The molecule has 0 aromatic carbocycles. The minimum absolute atomic E-state index is 0.711. The van der Waals surface area contributed by atoms with Gasteiger partial charge in [-0.1, -0.05) is 52.7 Å². The first-order valence-electron chi connectivity index (χ1n) is 9.94. The van der Waals surface area contributed by atoms with Gasteiger partial charge in [-0.2, -0.15) is 0 Å². The summed E-state index contributed by atoms with van der Waals surface area (Å²) in [7, 11) is 0. The molecule has 0 radical (unpaired) electrons. The highest BCUT2D eigenvalue weighted by molar-refractivity contribution is 7.13. The van der Waals surface area contributed by atoms with Gasteiger partial charge in [0, 0.05) is 4.88 Å². The van der Waals surface area contributed by atoms with Crippen LogP contribution in [0, 0.1) is 6.92 Å². The van der Waals surface area contributed by atoms with E-state index in [2.05, 4.69) is 51.2 Å². The molecule has 0 fully saturated rings. The van der Waals surface area contributed by atoms with Crippen molar-refractivity contribution in [1.82, 2.24) is 5.32 Å². The Morgan fingerprint density at radius 1 is 1.23 bits per heavy atom. The Morgan fingerprint density at radius 3 is 2.54 bits per heavy atom. The maximum Gasteiger partial charge on any atom is 0.122 e. The van der Waals surface area contributed by atoms with Gasteiger partial charge in [0.05, 0.1) is 23.4 Å². The standard InChI is InChI=1S/C21H29NOS.C2H6/c1-5-8-10-17(6-2)14-20(22-15-18-11-9-12-23-18)21-16(4)13-19(7-3)24-21;1-2/h9-14,22H,5-8,15H2,1-4H3;1-2H3/b17-10+,20-14+;. The van der Waals surface area contributed by atoms with E-state index >= 15 is 0 Å². The van der Waals surface area contributed by atoms with Crippen LogP contribution in [0.4, 0.5) is 0 Å². The van der Waals surface area contributed by atoms with Crippen molar-refractivity contribution >= 4 is 17.0 Å². The monoisotopic (exact) mass is 373 g/mol. The first-order chi connectivity index (χ1) is 12.7. The molecule has 0 atom stereocenters. The summed E-state index contributed by atoms with van der Waals surface area (Å²) in [5, 5.41) is 3.59. The van der Waals surface area contributed by atoms with Crippen LogP contribution >= 0.6 is 11.3 Å². The fraction of sp³-hybridized carbons (Fsp3) is 0.478. The summed E-state index contributed by atoms with van der Waals surface area (Å²) >= 11 is 1.89. The van der Waals surface area contributed by atoms with Crippen molar-refractivity contribution in [1.29, 1.82) is 0 Å². The predicted molar refractivity (Wildman–Crippen MR) is 117 cm³/mol. The molecular weight excluding hydrogens is 338 g/mol. The van der Waals surface area contributed by atoms with Crippen LogP contribution in [0.5, 0.6) is 0 Å². The second-order valence-electron chi connectivity index (χ2n) is 5.99. The van der Waals surface area contributed by atoms with Gasteiger partial charge in [0.25, 0.3) is 0 Å². The van der Waals surface area contributed by atoms with E-state index in [1.807, 2.05) is 37.3 Å². The van der Waals surface area contributed by atoms with Crippen LogP contribution in [0.3, 0.4) is 0 Å². The average Bonchev–Trinajstić information content (AvgIpc) is 3.32. The average molecular weight is 374 g/mol. The molecule has 0 amide bonds. The van der Waals surface area contributed by atoms with Crippen molar-refractivity contribution in [2.45, 2.75) is 73.8 Å². The van der Waals surface area contributed by atoms with Gasteiger partial charge in [0.15, 0.2) is 0 Å². The lowest BCUT2D eigenvalue weighted by molar-refractivity contribution is 0.501. The summed E-state index contributed by atoms with van der Waals surface area (Å²) in [6, 6.07) is 6.26. The molecule has 0 aliphatic heterocycles. The van der Waals surface area contributed by atoms with E-state index in [1.165, 1.54) is 33.0 Å². The number of thiophene rings is 1. The molecule has 0 aliphatic carbocycles. The molecule has 26 heavy (non-hydrogen) atoms. The van der Waals surface area contributed by atoms with E-state index in [1.54, 1.807) is 6.26 Å². The van der Waals surface area contributed by atoms with E-state index < -0.39 is 0 Å². The fourth-order valence-corrected chi connectivity index (χ4v) is 3.71. The Hall–Kier alpha value is -1.74. The first-order valence-corrected chi connectivity index (χ1v) is 10.8. The van der Waals surface area contributed by atoms with Crippen LogP contribution in [0.15, 0.2) is 46.6 Å². The summed E-state index contributed by atoms with van der Waals surface area (Å²) in [4.78, 5) is 2.78. The molecule has 1 N–H and O–H groups in total. The largest absolute Gasteiger partial charge is 0.467 e. The quantitative estimate of drug-likeness (QED) is 0.460. The summed E-state index contributed by atoms with van der Waals surface area (Å²) < 4.78 is 5.47. The van der Waals surface area contributed by atoms with Crippen LogP contribution in [0.25, 0.3) is 5.70 Å². The third kappa shape index (κ3) is 6.87. The number of aryl methyl sites for hydroxylation is 2. The number of furan rings is 1. The van der Waals surface area contributed by atoms with Crippen LogP contribution in [0.2, 0.25) is 0 Å². The van der Waals surface area contributed by atoms with Gasteiger partial charge >= 0.3 is 0 Å². The maximum absolute atomic E-state index is 5.47. The number of unbranched alkanes of at least 4 members (excludes halogenated alkanes) is 1. The Labute approximate surface area is 164 Å². The second-order valence-corrected chi connectivity index (χ2v) is 7.13. The molecule has 0 unspecified atom stereocenters. The molecule has 2 nitrogen and oxygen atoms in total. The Morgan fingerprint density at radius 2 is 2.00 bits per heavy atom. The second kappa shape index (κ2) is 12.6. The van der Waals surface area contributed by atoms with Crippen LogP contribution in [0.1, 0.15) is 75.0 Å². The molecule has 2 rings (SSSR count). The number of hydrogen-bond acceptors (Lipinski definition) is 3. The van der Waals surface area contributed by atoms with Gasteiger partial charge in [0.1, 0.15) is 5.76 Å². The zero-order chi connectivity index (χ0) is 19.4. The lowest BCUT2D eigenvalue weighted by Crippen LogP contribution is -2.11. The molecule has 0 bridgehead atoms. The van der Waals surface area contributed by atoms with Crippen LogP contribution in [-0.2, 0) is 13.0 Å². The zero-order valence-electron chi connectivity index (χ0n) is 17.3. The van der Waals surface area contributed by atoms with E-state index in [0.717, 1.165) is 25.0 Å². The third-order valence-corrected chi connectivity index (χ3v) is 5.44. The molecule has 2 heterocycles. The molecular formula is C23H35NOS. The maximum atomic E-state index is 5.47. The van der Waals surface area contributed by atoms with E-state index in [9.17, 15) is 0 Å². The van der Waals surface area contributed by atoms with Crippen molar-refractivity contribution in [2.75, 3.05) is 0 Å². The van der Waals surface area contributed by atoms with Crippen molar-refractivity contribution in [3.63, 3.8) is 0 Å². The van der Waals surface area contributed by atoms with Gasteiger partial charge in [-0.3, -0.25) is 0 Å². The Bertz CT molecular complexity index is 677. The molecule has 2 aromatic heterocycles. The Balaban J connectivity index is 0.00000163. The van der Waals surface area contributed by atoms with Gasteiger partial charge in [-0.15, -0.1) is 11.3 Å². The number of allylic oxidation sites excluding steroid dienone is 3. The molecule has 144 valence electrons. The highest BCUT2D eigenvalue weighted by Crippen LogP contribution is 2.29. The molecule has 0 aliphatic rings. The number of hydrogen-bond donors (Lipinski definition) is 1. The van der Waals surface area contributed by atoms with Gasteiger partial charge in [-0.25, -0.2) is 0 Å². The number of rotatable bonds is 9. The number of nitrogens with one attached hydrogen (secondary N) is 1. The van der Waals surface area contributed by atoms with Crippen molar-refractivity contribution in [3.8, 4) is 0 Å². The fourth-order valence-electron chi connectivity index (χ4n) is 2.60. The predicted octanol–water partition coefficient (Wildman–Crippen LogP) is 7.51. The van der Waals surface area contributed by atoms with Crippen LogP contribution in [-0.4, -0.2) is 0 Å². The van der Waals surface area contributed by atoms with Gasteiger partial charge in [-0.05, 0) is 56.0 Å².